The number of nitrogens with zero attached hydrogens (tertiary/aromatic N) is 1. The molecule has 3 rings (SSSR count). The van der Waals surface area contributed by atoms with Crippen LogP contribution in [0.2, 0.25) is 0 Å². The van der Waals surface area contributed by atoms with E-state index in [1.54, 1.807) is 4.90 Å². The molecule has 0 spiro atoms. The predicted octanol–water partition coefficient (Wildman–Crippen LogP) is 3.79. The predicted molar refractivity (Wildman–Crippen MR) is 98.2 cm³/mol. The summed E-state index contributed by atoms with van der Waals surface area (Å²) in [6.45, 7) is 5.52. The van der Waals surface area contributed by atoms with Gasteiger partial charge in [-0.15, -0.1) is 11.3 Å². The Labute approximate surface area is 145 Å². The molecule has 24 heavy (non-hydrogen) atoms. The van der Waals surface area contributed by atoms with Gasteiger partial charge in [-0.05, 0) is 49.2 Å². The maximum absolute atomic E-state index is 12.4. The van der Waals surface area contributed by atoms with Crippen molar-refractivity contribution in [3.05, 3.63) is 45.6 Å². The Bertz CT molecular complexity index is 752. The number of hydrogen-bond acceptors (Lipinski definition) is 3. The van der Waals surface area contributed by atoms with Gasteiger partial charge in [-0.3, -0.25) is 9.69 Å². The third-order valence-corrected chi connectivity index (χ3v) is 5.15. The number of amides is 3. The monoisotopic (exact) mass is 343 g/mol. The van der Waals surface area contributed by atoms with Gasteiger partial charge < -0.3 is 10.6 Å². The van der Waals surface area contributed by atoms with Crippen molar-refractivity contribution in [1.29, 1.82) is 0 Å². The molecule has 0 aliphatic carbocycles. The fourth-order valence-electron chi connectivity index (χ4n) is 2.78. The highest BCUT2D eigenvalue weighted by molar-refractivity contribution is 7.14. The summed E-state index contributed by atoms with van der Waals surface area (Å²) < 4.78 is 0. The van der Waals surface area contributed by atoms with Crippen LogP contribution in [0.25, 0.3) is 0 Å². The Morgan fingerprint density at radius 3 is 2.71 bits per heavy atom. The van der Waals surface area contributed by atoms with Gasteiger partial charge >= 0.3 is 6.03 Å². The Balaban J connectivity index is 1.68. The van der Waals surface area contributed by atoms with E-state index in [-0.39, 0.29) is 11.9 Å². The van der Waals surface area contributed by atoms with Crippen LogP contribution in [0.1, 0.15) is 33.5 Å². The fourth-order valence-corrected chi connectivity index (χ4v) is 3.75. The lowest BCUT2D eigenvalue weighted by Gasteiger charge is -2.14. The summed E-state index contributed by atoms with van der Waals surface area (Å²) in [7, 11) is 0. The number of nitrogens with one attached hydrogen (secondary N) is 2. The van der Waals surface area contributed by atoms with Crippen LogP contribution in [0, 0.1) is 6.92 Å². The third-order valence-electron chi connectivity index (χ3n) is 4.06. The molecule has 1 aromatic carbocycles. The molecule has 126 valence electrons. The lowest BCUT2D eigenvalue weighted by atomic mass is 10.1. The van der Waals surface area contributed by atoms with Crippen LogP contribution in [-0.4, -0.2) is 25.0 Å². The second-order valence-electron chi connectivity index (χ2n) is 5.83. The zero-order chi connectivity index (χ0) is 17.1. The third kappa shape index (κ3) is 3.43. The van der Waals surface area contributed by atoms with E-state index >= 15 is 0 Å². The van der Waals surface area contributed by atoms with E-state index in [1.807, 2.05) is 30.3 Å². The van der Waals surface area contributed by atoms with Gasteiger partial charge in [0.2, 0.25) is 0 Å². The van der Waals surface area contributed by atoms with Crippen LogP contribution in [-0.2, 0) is 6.42 Å². The average Bonchev–Trinajstić information content (AvgIpc) is 3.15. The number of aryl methyl sites for hydroxylation is 2. The minimum atomic E-state index is -0.0860. The molecule has 0 bridgehead atoms. The van der Waals surface area contributed by atoms with Crippen molar-refractivity contribution >= 4 is 34.6 Å². The van der Waals surface area contributed by atoms with E-state index in [4.69, 9.17) is 0 Å². The standard InChI is InChI=1S/C18H21N3O2S/c1-3-4-13-11-16(24-12(13)2)17(22)20-14-5-7-15(8-6-14)21-10-9-19-18(21)23/h5-8,11H,3-4,9-10H2,1-2H3,(H,19,23)(H,20,22). The van der Waals surface area contributed by atoms with E-state index in [2.05, 4.69) is 24.5 Å². The van der Waals surface area contributed by atoms with Crippen molar-refractivity contribution in [2.45, 2.75) is 26.7 Å². The van der Waals surface area contributed by atoms with Gasteiger partial charge in [-0.25, -0.2) is 4.79 Å². The summed E-state index contributed by atoms with van der Waals surface area (Å²) in [6, 6.07) is 9.26. The molecule has 1 fully saturated rings. The molecule has 2 N–H and O–H groups in total. The van der Waals surface area contributed by atoms with E-state index in [9.17, 15) is 9.59 Å². The highest BCUT2D eigenvalue weighted by atomic mass is 32.1. The summed E-state index contributed by atoms with van der Waals surface area (Å²) in [5.41, 5.74) is 2.81. The van der Waals surface area contributed by atoms with Crippen LogP contribution in [0.4, 0.5) is 16.2 Å². The topological polar surface area (TPSA) is 61.4 Å². The van der Waals surface area contributed by atoms with Crippen molar-refractivity contribution in [2.75, 3.05) is 23.3 Å². The number of benzene rings is 1. The quantitative estimate of drug-likeness (QED) is 0.867. The van der Waals surface area contributed by atoms with Gasteiger partial charge in [0.25, 0.3) is 5.91 Å². The van der Waals surface area contributed by atoms with Crippen molar-refractivity contribution < 1.29 is 9.59 Å². The van der Waals surface area contributed by atoms with Gasteiger partial charge in [-0.2, -0.15) is 0 Å². The number of hydrogen-bond donors (Lipinski definition) is 2. The van der Waals surface area contributed by atoms with Crippen molar-refractivity contribution in [1.82, 2.24) is 5.32 Å². The maximum atomic E-state index is 12.4. The fraction of sp³-hybridized carbons (Fsp3) is 0.333. The van der Waals surface area contributed by atoms with Crippen molar-refractivity contribution in [2.24, 2.45) is 0 Å². The first-order valence-electron chi connectivity index (χ1n) is 8.14. The molecule has 0 unspecified atom stereocenters. The van der Waals surface area contributed by atoms with E-state index < -0.39 is 0 Å². The van der Waals surface area contributed by atoms with E-state index in [1.165, 1.54) is 21.8 Å². The molecule has 1 aromatic heterocycles. The van der Waals surface area contributed by atoms with Gasteiger partial charge in [0.15, 0.2) is 0 Å². The number of urea groups is 1. The molecular weight excluding hydrogens is 322 g/mol. The van der Waals surface area contributed by atoms with E-state index in [0.717, 1.165) is 29.1 Å². The molecule has 0 atom stereocenters. The SMILES string of the molecule is CCCc1cc(C(=O)Nc2ccc(N3CCNC3=O)cc2)sc1C. The summed E-state index contributed by atoms with van der Waals surface area (Å²) in [5.74, 6) is -0.0860. The summed E-state index contributed by atoms with van der Waals surface area (Å²) in [6.07, 6.45) is 2.08. The van der Waals surface area contributed by atoms with Crippen molar-refractivity contribution in [3.8, 4) is 0 Å². The Kier molecular flexibility index (Phi) is 4.85. The molecular formula is C18H21N3O2S. The molecule has 3 amide bonds. The molecule has 2 heterocycles. The minimum absolute atomic E-state index is 0.0794. The largest absolute Gasteiger partial charge is 0.336 e. The van der Waals surface area contributed by atoms with Gasteiger partial charge in [0.1, 0.15) is 0 Å². The highest BCUT2D eigenvalue weighted by Crippen LogP contribution is 2.25. The second kappa shape index (κ2) is 7.05. The first kappa shape index (κ1) is 16.5. The summed E-state index contributed by atoms with van der Waals surface area (Å²) in [5, 5.41) is 5.70. The molecule has 0 radical (unpaired) electrons. The van der Waals surface area contributed by atoms with E-state index in [0.29, 0.717) is 13.1 Å². The van der Waals surface area contributed by atoms with Crippen LogP contribution in [0.3, 0.4) is 0 Å². The number of thiophene rings is 1. The smallest absolute Gasteiger partial charge is 0.321 e. The second-order valence-corrected chi connectivity index (χ2v) is 7.08. The number of rotatable bonds is 5. The first-order valence-corrected chi connectivity index (χ1v) is 8.96. The maximum Gasteiger partial charge on any atom is 0.321 e. The minimum Gasteiger partial charge on any atom is -0.336 e. The first-order chi connectivity index (χ1) is 11.6. The molecule has 5 nitrogen and oxygen atoms in total. The Morgan fingerprint density at radius 2 is 2.08 bits per heavy atom. The van der Waals surface area contributed by atoms with Gasteiger partial charge in [0.05, 0.1) is 4.88 Å². The molecule has 1 aliphatic heterocycles. The van der Waals surface area contributed by atoms with Gasteiger partial charge in [0, 0.05) is 29.3 Å². The number of carbonyl (C=O) groups is 2. The van der Waals surface area contributed by atoms with Gasteiger partial charge in [-0.1, -0.05) is 13.3 Å². The van der Waals surface area contributed by atoms with Crippen LogP contribution >= 0.6 is 11.3 Å². The average molecular weight is 343 g/mol. The zero-order valence-corrected chi connectivity index (χ0v) is 14.7. The van der Waals surface area contributed by atoms with Crippen LogP contribution < -0.4 is 15.5 Å². The molecule has 2 aromatic rings. The lowest BCUT2D eigenvalue weighted by molar-refractivity contribution is 0.103. The summed E-state index contributed by atoms with van der Waals surface area (Å²) >= 11 is 1.53. The molecule has 1 saturated heterocycles. The molecule has 1 aliphatic rings. The molecule has 6 heteroatoms. The van der Waals surface area contributed by atoms with Crippen LogP contribution in [0.5, 0.6) is 0 Å². The Morgan fingerprint density at radius 1 is 1.33 bits per heavy atom. The van der Waals surface area contributed by atoms with Crippen LogP contribution in [0.15, 0.2) is 30.3 Å². The Hall–Kier alpha value is -2.34. The van der Waals surface area contributed by atoms with Crippen molar-refractivity contribution in [3.63, 3.8) is 0 Å². The zero-order valence-electron chi connectivity index (χ0n) is 13.9. The summed E-state index contributed by atoms with van der Waals surface area (Å²) in [4.78, 5) is 27.7. The normalized spacial score (nSPS) is 13.9. The number of carbonyl (C=O) groups excluding carboxylic acids is 2. The molecule has 0 saturated carbocycles. The lowest BCUT2D eigenvalue weighted by Crippen LogP contribution is -2.27. The highest BCUT2D eigenvalue weighted by Gasteiger charge is 2.21. The number of anilines is 2.